The van der Waals surface area contributed by atoms with Crippen molar-refractivity contribution in [3.63, 3.8) is 0 Å². The second-order valence-corrected chi connectivity index (χ2v) is 7.79. The summed E-state index contributed by atoms with van der Waals surface area (Å²) in [7, 11) is 0. The van der Waals surface area contributed by atoms with E-state index in [4.69, 9.17) is 4.74 Å². The van der Waals surface area contributed by atoms with Gasteiger partial charge in [-0.2, -0.15) is 0 Å². The van der Waals surface area contributed by atoms with Gasteiger partial charge in [0.15, 0.2) is 0 Å². The Labute approximate surface area is 154 Å². The monoisotopic (exact) mass is 358 g/mol. The first-order valence-electron chi connectivity index (χ1n) is 8.40. The second kappa shape index (κ2) is 9.49. The molecule has 0 unspecified atom stereocenters. The second-order valence-electron chi connectivity index (χ2n) is 6.74. The van der Waals surface area contributed by atoms with Gasteiger partial charge in [-0.05, 0) is 50.6 Å². The first-order chi connectivity index (χ1) is 11.9. The third-order valence-corrected chi connectivity index (χ3v) is 4.42. The van der Waals surface area contributed by atoms with E-state index >= 15 is 0 Å². The Morgan fingerprint density at radius 3 is 2.32 bits per heavy atom. The number of hydrogen-bond acceptors (Lipinski definition) is 4. The van der Waals surface area contributed by atoms with E-state index in [-0.39, 0.29) is 5.54 Å². The van der Waals surface area contributed by atoms with Crippen LogP contribution in [-0.4, -0.2) is 24.7 Å². The van der Waals surface area contributed by atoms with Crippen molar-refractivity contribution < 1.29 is 9.53 Å². The lowest BCUT2D eigenvalue weighted by atomic mass is 10.1. The van der Waals surface area contributed by atoms with Gasteiger partial charge in [0.25, 0.3) is 0 Å². The molecule has 1 amide bonds. The lowest BCUT2D eigenvalue weighted by Gasteiger charge is -2.20. The van der Waals surface area contributed by atoms with Crippen LogP contribution in [0.15, 0.2) is 59.5 Å². The van der Waals surface area contributed by atoms with Crippen molar-refractivity contribution in [2.75, 3.05) is 13.1 Å². The number of nitrogens with one attached hydrogen (secondary N) is 2. The number of amides is 1. The molecule has 0 aliphatic carbocycles. The van der Waals surface area contributed by atoms with E-state index in [1.165, 1.54) is 10.5 Å². The third kappa shape index (κ3) is 8.09. The minimum absolute atomic E-state index is 0.0409. The van der Waals surface area contributed by atoms with Gasteiger partial charge in [0, 0.05) is 29.3 Å². The van der Waals surface area contributed by atoms with E-state index in [2.05, 4.69) is 43.5 Å². The van der Waals surface area contributed by atoms with Gasteiger partial charge in [-0.3, -0.25) is 0 Å². The molecule has 2 rings (SSSR count). The summed E-state index contributed by atoms with van der Waals surface area (Å²) < 4.78 is 5.28. The third-order valence-electron chi connectivity index (χ3n) is 3.33. The number of carbonyl (C=O) groups is 1. The maximum Gasteiger partial charge on any atom is 0.412 e. The minimum Gasteiger partial charge on any atom is -0.410 e. The fraction of sp³-hybridized carbons (Fsp3) is 0.350. The molecule has 0 bridgehead atoms. The lowest BCUT2D eigenvalue weighted by Crippen LogP contribution is -2.41. The lowest BCUT2D eigenvalue weighted by molar-refractivity contribution is 0.200. The molecule has 0 spiro atoms. The topological polar surface area (TPSA) is 50.4 Å². The summed E-state index contributed by atoms with van der Waals surface area (Å²) >= 11 is 1.78. The maximum atomic E-state index is 11.8. The van der Waals surface area contributed by atoms with E-state index in [1.807, 2.05) is 42.5 Å². The standard InChI is InChI=1S/C20H26N2O2S/c1-20(2,3)22-14-13-21-19(23)24-17-11-9-16(10-12-17)15-25-18-7-5-4-6-8-18/h4-12,22H,13-15H2,1-3H3,(H,21,23). The van der Waals surface area contributed by atoms with Crippen LogP contribution in [0.1, 0.15) is 26.3 Å². The fourth-order valence-corrected chi connectivity index (χ4v) is 2.96. The molecule has 2 aromatic carbocycles. The number of benzene rings is 2. The highest BCUT2D eigenvalue weighted by atomic mass is 32.2. The van der Waals surface area contributed by atoms with E-state index in [0.29, 0.717) is 18.8 Å². The molecule has 25 heavy (non-hydrogen) atoms. The highest BCUT2D eigenvalue weighted by Gasteiger charge is 2.08. The number of rotatable bonds is 7. The zero-order valence-corrected chi connectivity index (χ0v) is 15.9. The van der Waals surface area contributed by atoms with Crippen LogP contribution in [0.4, 0.5) is 4.79 Å². The quantitative estimate of drug-likeness (QED) is 0.567. The molecule has 2 N–H and O–H groups in total. The minimum atomic E-state index is -0.429. The Balaban J connectivity index is 1.71. The largest absolute Gasteiger partial charge is 0.412 e. The number of ether oxygens (including phenoxy) is 1. The molecule has 0 fully saturated rings. The summed E-state index contributed by atoms with van der Waals surface area (Å²) in [5.74, 6) is 1.43. The Morgan fingerprint density at radius 2 is 1.68 bits per heavy atom. The highest BCUT2D eigenvalue weighted by molar-refractivity contribution is 7.98. The summed E-state index contributed by atoms with van der Waals surface area (Å²) in [5, 5.41) is 6.04. The molecular weight excluding hydrogens is 332 g/mol. The van der Waals surface area contributed by atoms with Gasteiger partial charge >= 0.3 is 6.09 Å². The van der Waals surface area contributed by atoms with Gasteiger partial charge < -0.3 is 15.4 Å². The Kier molecular flexibility index (Phi) is 7.34. The summed E-state index contributed by atoms with van der Waals surface area (Å²) in [6, 6.07) is 17.9. The molecule has 4 nitrogen and oxygen atoms in total. The van der Waals surface area contributed by atoms with Gasteiger partial charge in [-0.25, -0.2) is 4.79 Å². The molecule has 134 valence electrons. The molecule has 0 aliphatic heterocycles. The van der Waals surface area contributed by atoms with Crippen molar-refractivity contribution >= 4 is 17.9 Å². The van der Waals surface area contributed by atoms with Crippen molar-refractivity contribution in [1.29, 1.82) is 0 Å². The first kappa shape index (κ1) is 19.3. The maximum absolute atomic E-state index is 11.8. The van der Waals surface area contributed by atoms with Crippen LogP contribution in [0.2, 0.25) is 0 Å². The average Bonchev–Trinajstić information content (AvgIpc) is 2.58. The number of thioether (sulfide) groups is 1. The van der Waals surface area contributed by atoms with Crippen LogP contribution in [0.5, 0.6) is 5.75 Å². The molecule has 0 heterocycles. The zero-order valence-electron chi connectivity index (χ0n) is 15.0. The van der Waals surface area contributed by atoms with Crippen LogP contribution in [0.3, 0.4) is 0 Å². The molecule has 5 heteroatoms. The van der Waals surface area contributed by atoms with Gasteiger partial charge in [0.05, 0.1) is 0 Å². The van der Waals surface area contributed by atoms with Crippen LogP contribution in [0, 0.1) is 0 Å². The average molecular weight is 359 g/mol. The Bertz CT molecular complexity index is 652. The van der Waals surface area contributed by atoms with E-state index in [0.717, 1.165) is 5.75 Å². The molecule has 2 aromatic rings. The van der Waals surface area contributed by atoms with Crippen LogP contribution < -0.4 is 15.4 Å². The Hall–Kier alpha value is -1.98. The van der Waals surface area contributed by atoms with Gasteiger partial charge in [0.2, 0.25) is 0 Å². The van der Waals surface area contributed by atoms with Crippen molar-refractivity contribution in [1.82, 2.24) is 10.6 Å². The first-order valence-corrected chi connectivity index (χ1v) is 9.38. The SMILES string of the molecule is CC(C)(C)NCCNC(=O)Oc1ccc(CSc2ccccc2)cc1. The van der Waals surface area contributed by atoms with Crippen molar-refractivity contribution in [2.24, 2.45) is 0 Å². The van der Waals surface area contributed by atoms with Crippen molar-refractivity contribution in [3.05, 3.63) is 60.2 Å². The number of hydrogen-bond donors (Lipinski definition) is 2. The summed E-state index contributed by atoms with van der Waals surface area (Å²) in [4.78, 5) is 13.0. The van der Waals surface area contributed by atoms with Crippen LogP contribution in [0.25, 0.3) is 0 Å². The smallest absolute Gasteiger partial charge is 0.410 e. The summed E-state index contributed by atoms with van der Waals surface area (Å²) in [5.41, 5.74) is 1.23. The summed E-state index contributed by atoms with van der Waals surface area (Å²) in [6.45, 7) is 7.49. The molecule has 0 saturated carbocycles. The predicted molar refractivity (Wildman–Crippen MR) is 104 cm³/mol. The predicted octanol–water partition coefficient (Wildman–Crippen LogP) is 4.46. The Morgan fingerprint density at radius 1 is 1.00 bits per heavy atom. The van der Waals surface area contributed by atoms with Gasteiger partial charge in [-0.1, -0.05) is 30.3 Å². The molecule has 0 aromatic heterocycles. The number of carbonyl (C=O) groups excluding carboxylic acids is 1. The van der Waals surface area contributed by atoms with Gasteiger partial charge in [-0.15, -0.1) is 11.8 Å². The van der Waals surface area contributed by atoms with Crippen molar-refractivity contribution in [3.8, 4) is 5.75 Å². The van der Waals surface area contributed by atoms with Crippen LogP contribution in [-0.2, 0) is 5.75 Å². The van der Waals surface area contributed by atoms with E-state index in [9.17, 15) is 4.79 Å². The molecular formula is C20H26N2O2S. The fourth-order valence-electron chi connectivity index (χ4n) is 2.08. The van der Waals surface area contributed by atoms with E-state index < -0.39 is 6.09 Å². The van der Waals surface area contributed by atoms with Gasteiger partial charge in [0.1, 0.15) is 5.75 Å². The summed E-state index contributed by atoms with van der Waals surface area (Å²) in [6.07, 6.45) is -0.429. The van der Waals surface area contributed by atoms with Crippen molar-refractivity contribution in [2.45, 2.75) is 37.0 Å². The zero-order chi connectivity index (χ0) is 18.1. The molecule has 0 saturated heterocycles. The molecule has 0 aliphatic rings. The normalized spacial score (nSPS) is 11.2. The molecule has 0 atom stereocenters. The molecule has 0 radical (unpaired) electrons. The highest BCUT2D eigenvalue weighted by Crippen LogP contribution is 2.23. The van der Waals surface area contributed by atoms with E-state index in [1.54, 1.807) is 11.8 Å². The van der Waals surface area contributed by atoms with Crippen LogP contribution >= 0.6 is 11.8 Å².